The zero-order valence-corrected chi connectivity index (χ0v) is 12.2. The molecule has 0 saturated carbocycles. The lowest BCUT2D eigenvalue weighted by molar-refractivity contribution is 0.359. The summed E-state index contributed by atoms with van der Waals surface area (Å²) in [6, 6.07) is 16.4. The van der Waals surface area contributed by atoms with Gasteiger partial charge in [-0.1, -0.05) is 47.6 Å². The van der Waals surface area contributed by atoms with Crippen molar-refractivity contribution in [2.75, 3.05) is 0 Å². The normalized spacial score (nSPS) is 12.3. The van der Waals surface area contributed by atoms with Crippen LogP contribution in [-0.4, -0.2) is 10.1 Å². The van der Waals surface area contributed by atoms with E-state index in [4.69, 9.17) is 4.52 Å². The molecule has 3 aromatic rings. The number of aromatic nitrogens is 2. The molecule has 22 heavy (non-hydrogen) atoms. The van der Waals surface area contributed by atoms with Gasteiger partial charge in [-0.15, -0.1) is 0 Å². The van der Waals surface area contributed by atoms with Gasteiger partial charge in [0.2, 0.25) is 5.89 Å². The third-order valence-corrected chi connectivity index (χ3v) is 3.36. The number of nitrogens with zero attached hydrogens (tertiary/aromatic N) is 2. The molecule has 3 rings (SSSR count). The maximum atomic E-state index is 13.2. The summed E-state index contributed by atoms with van der Waals surface area (Å²) in [5, 5.41) is 7.16. The molecule has 0 spiro atoms. The van der Waals surface area contributed by atoms with E-state index in [2.05, 4.69) is 15.5 Å². The van der Waals surface area contributed by atoms with Gasteiger partial charge in [-0.25, -0.2) is 4.39 Å². The number of hydrogen-bond donors (Lipinski definition) is 1. The van der Waals surface area contributed by atoms with E-state index in [0.717, 1.165) is 11.1 Å². The summed E-state index contributed by atoms with van der Waals surface area (Å²) in [6.07, 6.45) is 0. The van der Waals surface area contributed by atoms with Gasteiger partial charge in [0.1, 0.15) is 5.82 Å². The first-order valence-electron chi connectivity index (χ1n) is 7.05. The first-order chi connectivity index (χ1) is 10.7. The molecule has 2 aromatic carbocycles. The summed E-state index contributed by atoms with van der Waals surface area (Å²) >= 11 is 0. The van der Waals surface area contributed by atoms with E-state index in [9.17, 15) is 4.39 Å². The van der Waals surface area contributed by atoms with Gasteiger partial charge in [-0.2, -0.15) is 4.98 Å². The third-order valence-electron chi connectivity index (χ3n) is 3.36. The van der Waals surface area contributed by atoms with Crippen LogP contribution in [0.2, 0.25) is 0 Å². The van der Waals surface area contributed by atoms with Crippen molar-refractivity contribution in [1.29, 1.82) is 0 Å². The Labute approximate surface area is 128 Å². The average Bonchev–Trinajstić information content (AvgIpc) is 2.96. The second-order valence-electron chi connectivity index (χ2n) is 5.01. The molecular formula is C17H16FN3O. The van der Waals surface area contributed by atoms with Crippen molar-refractivity contribution in [3.63, 3.8) is 0 Å². The van der Waals surface area contributed by atoms with Gasteiger partial charge in [0.05, 0.1) is 12.6 Å². The Balaban J connectivity index is 1.84. The van der Waals surface area contributed by atoms with E-state index in [-0.39, 0.29) is 11.9 Å². The molecule has 1 N–H and O–H groups in total. The zero-order valence-electron chi connectivity index (χ0n) is 12.2. The van der Waals surface area contributed by atoms with E-state index in [1.165, 1.54) is 12.1 Å². The van der Waals surface area contributed by atoms with Crippen molar-refractivity contribution in [1.82, 2.24) is 15.5 Å². The highest BCUT2D eigenvalue weighted by atomic mass is 19.1. The van der Waals surface area contributed by atoms with Crippen LogP contribution in [-0.2, 0) is 6.54 Å². The highest BCUT2D eigenvalue weighted by Crippen LogP contribution is 2.22. The van der Waals surface area contributed by atoms with Crippen LogP contribution in [0.25, 0.3) is 0 Å². The lowest BCUT2D eigenvalue weighted by Crippen LogP contribution is -2.22. The standard InChI is InChI=1S/C17H16FN3O/c1-12-20-16(22-21-12)11-19-17(13-5-3-2-4-6-13)14-7-9-15(18)10-8-14/h2-10,17,19H,11H2,1H3. The van der Waals surface area contributed by atoms with Gasteiger partial charge in [-0.05, 0) is 30.2 Å². The first-order valence-corrected chi connectivity index (χ1v) is 7.05. The van der Waals surface area contributed by atoms with E-state index < -0.39 is 0 Å². The molecule has 0 fully saturated rings. The predicted octanol–water partition coefficient (Wildman–Crippen LogP) is 3.40. The Morgan fingerprint density at radius 2 is 1.73 bits per heavy atom. The SMILES string of the molecule is Cc1noc(CNC(c2ccccc2)c2ccc(F)cc2)n1. The largest absolute Gasteiger partial charge is 0.338 e. The van der Waals surface area contributed by atoms with Crippen molar-refractivity contribution >= 4 is 0 Å². The Hall–Kier alpha value is -2.53. The van der Waals surface area contributed by atoms with Crippen LogP contribution in [0, 0.1) is 12.7 Å². The number of aryl methyl sites for hydroxylation is 1. The molecule has 0 amide bonds. The molecule has 0 radical (unpaired) electrons. The second kappa shape index (κ2) is 6.49. The molecule has 1 aromatic heterocycles. The van der Waals surface area contributed by atoms with E-state index in [1.807, 2.05) is 30.3 Å². The Bertz CT molecular complexity index is 725. The minimum Gasteiger partial charge on any atom is -0.338 e. The van der Waals surface area contributed by atoms with Crippen LogP contribution >= 0.6 is 0 Å². The van der Waals surface area contributed by atoms with Gasteiger partial charge in [0.15, 0.2) is 5.82 Å². The van der Waals surface area contributed by atoms with E-state index in [0.29, 0.717) is 18.3 Å². The molecule has 0 saturated heterocycles. The quantitative estimate of drug-likeness (QED) is 0.784. The van der Waals surface area contributed by atoms with Crippen LogP contribution in [0.15, 0.2) is 59.1 Å². The summed E-state index contributed by atoms with van der Waals surface area (Å²) in [5.41, 5.74) is 2.06. The Morgan fingerprint density at radius 3 is 2.36 bits per heavy atom. The van der Waals surface area contributed by atoms with Crippen LogP contribution in [0.3, 0.4) is 0 Å². The molecule has 0 aliphatic carbocycles. The van der Waals surface area contributed by atoms with Crippen LogP contribution < -0.4 is 5.32 Å². The van der Waals surface area contributed by atoms with Crippen molar-refractivity contribution in [2.45, 2.75) is 19.5 Å². The van der Waals surface area contributed by atoms with Crippen LogP contribution in [0.4, 0.5) is 4.39 Å². The molecule has 1 unspecified atom stereocenters. The molecule has 4 nitrogen and oxygen atoms in total. The number of rotatable bonds is 5. The summed E-state index contributed by atoms with van der Waals surface area (Å²) in [5.74, 6) is 0.887. The lowest BCUT2D eigenvalue weighted by atomic mass is 9.99. The highest BCUT2D eigenvalue weighted by molar-refractivity contribution is 5.31. The molecule has 0 aliphatic heterocycles. The van der Waals surface area contributed by atoms with Gasteiger partial charge < -0.3 is 4.52 Å². The second-order valence-corrected chi connectivity index (χ2v) is 5.01. The minimum atomic E-state index is -0.247. The monoisotopic (exact) mass is 297 g/mol. The van der Waals surface area contributed by atoms with Crippen molar-refractivity contribution in [3.8, 4) is 0 Å². The Morgan fingerprint density at radius 1 is 1.05 bits per heavy atom. The van der Waals surface area contributed by atoms with E-state index >= 15 is 0 Å². The first kappa shape index (κ1) is 14.4. The predicted molar refractivity (Wildman–Crippen MR) is 80.6 cm³/mol. The third kappa shape index (κ3) is 3.38. The molecule has 0 bridgehead atoms. The molecule has 112 valence electrons. The zero-order chi connectivity index (χ0) is 15.4. The fourth-order valence-corrected chi connectivity index (χ4v) is 2.33. The van der Waals surface area contributed by atoms with Crippen LogP contribution in [0.5, 0.6) is 0 Å². The number of nitrogens with one attached hydrogen (secondary N) is 1. The molecule has 1 heterocycles. The van der Waals surface area contributed by atoms with Gasteiger partial charge in [0.25, 0.3) is 0 Å². The Kier molecular flexibility index (Phi) is 4.25. The molecule has 5 heteroatoms. The summed E-state index contributed by atoms with van der Waals surface area (Å²) in [6.45, 7) is 2.22. The van der Waals surface area contributed by atoms with Gasteiger partial charge in [0, 0.05) is 0 Å². The fraction of sp³-hybridized carbons (Fsp3) is 0.176. The van der Waals surface area contributed by atoms with Crippen molar-refractivity contribution in [3.05, 3.63) is 83.3 Å². The number of halogens is 1. The summed E-state index contributed by atoms with van der Waals surface area (Å²) in [7, 11) is 0. The van der Waals surface area contributed by atoms with Gasteiger partial charge in [-0.3, -0.25) is 5.32 Å². The van der Waals surface area contributed by atoms with Crippen molar-refractivity contribution < 1.29 is 8.91 Å². The minimum absolute atomic E-state index is 0.0750. The molecule has 0 aliphatic rings. The van der Waals surface area contributed by atoms with Gasteiger partial charge >= 0.3 is 0 Å². The van der Waals surface area contributed by atoms with E-state index in [1.54, 1.807) is 19.1 Å². The van der Waals surface area contributed by atoms with Crippen molar-refractivity contribution in [2.24, 2.45) is 0 Å². The number of hydrogen-bond acceptors (Lipinski definition) is 4. The fourth-order valence-electron chi connectivity index (χ4n) is 2.33. The van der Waals surface area contributed by atoms with Crippen LogP contribution in [0.1, 0.15) is 28.9 Å². The highest BCUT2D eigenvalue weighted by Gasteiger charge is 2.15. The maximum Gasteiger partial charge on any atom is 0.240 e. The summed E-state index contributed by atoms with van der Waals surface area (Å²) < 4.78 is 18.3. The molecular weight excluding hydrogens is 281 g/mol. The topological polar surface area (TPSA) is 51.0 Å². The number of benzene rings is 2. The smallest absolute Gasteiger partial charge is 0.240 e. The summed E-state index contributed by atoms with van der Waals surface area (Å²) in [4.78, 5) is 4.18. The average molecular weight is 297 g/mol. The molecule has 1 atom stereocenters. The maximum absolute atomic E-state index is 13.2. The lowest BCUT2D eigenvalue weighted by Gasteiger charge is -2.19.